The van der Waals surface area contributed by atoms with Crippen LogP contribution in [0.4, 0.5) is 0 Å². The highest BCUT2D eigenvalue weighted by atomic mass is 35.5. The van der Waals surface area contributed by atoms with Crippen molar-refractivity contribution in [1.29, 1.82) is 0 Å². The van der Waals surface area contributed by atoms with Crippen LogP contribution in [0, 0.1) is 0 Å². The van der Waals surface area contributed by atoms with Gasteiger partial charge in [0.25, 0.3) is 0 Å². The first-order valence-corrected chi connectivity index (χ1v) is 15.6. The van der Waals surface area contributed by atoms with Gasteiger partial charge in [-0.15, -0.1) is 0 Å². The SMILES string of the molecule is CC(=O)OC1(CSCCC(c2cccc(/C=C/c3ccc4ccc(Cl)cc4n3)c2)c2ccccc2C(C)(C)O)CC1. The van der Waals surface area contributed by atoms with Crippen molar-refractivity contribution in [1.82, 2.24) is 4.98 Å². The molecule has 4 nitrogen and oxygen atoms in total. The van der Waals surface area contributed by atoms with Crippen LogP contribution in [0.25, 0.3) is 23.1 Å². The Kier molecular flexibility index (Phi) is 8.88. The van der Waals surface area contributed by atoms with Gasteiger partial charge in [-0.05, 0) is 85.4 Å². The van der Waals surface area contributed by atoms with E-state index in [4.69, 9.17) is 21.3 Å². The lowest BCUT2D eigenvalue weighted by atomic mass is 9.81. The summed E-state index contributed by atoms with van der Waals surface area (Å²) in [6.45, 7) is 5.18. The molecule has 0 radical (unpaired) electrons. The van der Waals surface area contributed by atoms with E-state index >= 15 is 0 Å². The van der Waals surface area contributed by atoms with Crippen molar-refractivity contribution in [2.45, 2.75) is 57.2 Å². The number of fused-ring (bicyclic) bond motifs is 1. The second kappa shape index (κ2) is 12.4. The molecular formula is C35H36ClNO3S. The Morgan fingerprint density at radius 3 is 2.61 bits per heavy atom. The number of carbonyl (C=O) groups is 1. The van der Waals surface area contributed by atoms with Gasteiger partial charge in [0.1, 0.15) is 5.60 Å². The third-order valence-electron chi connectivity index (χ3n) is 7.51. The number of thioether (sulfide) groups is 1. The van der Waals surface area contributed by atoms with E-state index in [0.29, 0.717) is 5.02 Å². The number of esters is 1. The minimum atomic E-state index is -0.961. The predicted octanol–water partition coefficient (Wildman–Crippen LogP) is 8.64. The van der Waals surface area contributed by atoms with Gasteiger partial charge in [0.05, 0.1) is 16.8 Å². The van der Waals surface area contributed by atoms with Crippen molar-refractivity contribution in [2.75, 3.05) is 11.5 Å². The van der Waals surface area contributed by atoms with Gasteiger partial charge >= 0.3 is 5.97 Å². The molecule has 1 saturated carbocycles. The van der Waals surface area contributed by atoms with E-state index < -0.39 is 5.60 Å². The molecule has 5 rings (SSSR count). The first-order valence-electron chi connectivity index (χ1n) is 14.1. The number of nitrogens with zero attached hydrogens (tertiary/aromatic N) is 1. The van der Waals surface area contributed by atoms with Crippen molar-refractivity contribution < 1.29 is 14.6 Å². The summed E-state index contributed by atoms with van der Waals surface area (Å²) < 4.78 is 5.59. The van der Waals surface area contributed by atoms with E-state index in [1.807, 2.05) is 74.1 Å². The van der Waals surface area contributed by atoms with E-state index in [-0.39, 0.29) is 17.5 Å². The first-order chi connectivity index (χ1) is 19.6. The van der Waals surface area contributed by atoms with E-state index in [1.54, 1.807) is 0 Å². The molecule has 41 heavy (non-hydrogen) atoms. The average molecular weight is 586 g/mol. The summed E-state index contributed by atoms with van der Waals surface area (Å²) in [5.41, 5.74) is 4.86. The Morgan fingerprint density at radius 1 is 1.07 bits per heavy atom. The van der Waals surface area contributed by atoms with Gasteiger partial charge in [-0.1, -0.05) is 78.3 Å². The lowest BCUT2D eigenvalue weighted by Crippen LogP contribution is -2.21. The lowest BCUT2D eigenvalue weighted by molar-refractivity contribution is -0.147. The standard InChI is InChI=1S/C35H36ClNO3S/c1-24(38)40-35(18-19-35)23-41-20-17-30(31-9-4-5-10-32(31)34(2,3)39)27-8-6-7-25(21-27)11-15-29-16-13-26-12-14-28(36)22-33(26)37-29/h4-16,21-22,30,39H,17-20,23H2,1-3H3/b15-11+. The van der Waals surface area contributed by atoms with Crippen molar-refractivity contribution >= 4 is 52.4 Å². The molecule has 1 heterocycles. The van der Waals surface area contributed by atoms with Gasteiger partial charge in [0.15, 0.2) is 0 Å². The van der Waals surface area contributed by atoms with Gasteiger partial charge in [-0.3, -0.25) is 4.79 Å². The van der Waals surface area contributed by atoms with Gasteiger partial charge in [-0.25, -0.2) is 4.98 Å². The Labute approximate surface area is 251 Å². The summed E-state index contributed by atoms with van der Waals surface area (Å²) >= 11 is 8.01. The molecule has 1 aliphatic carbocycles. The summed E-state index contributed by atoms with van der Waals surface area (Å²) in [6, 6.07) is 26.6. The number of aliphatic hydroxyl groups is 1. The minimum Gasteiger partial charge on any atom is -0.458 e. The maximum Gasteiger partial charge on any atom is 0.303 e. The highest BCUT2D eigenvalue weighted by molar-refractivity contribution is 7.99. The molecule has 0 bridgehead atoms. The maximum absolute atomic E-state index is 11.5. The third kappa shape index (κ3) is 7.59. The van der Waals surface area contributed by atoms with E-state index in [1.165, 1.54) is 12.5 Å². The highest BCUT2D eigenvalue weighted by Crippen LogP contribution is 2.43. The fraction of sp³-hybridized carbons (Fsp3) is 0.314. The topological polar surface area (TPSA) is 59.4 Å². The van der Waals surface area contributed by atoms with Gasteiger partial charge in [0.2, 0.25) is 0 Å². The molecule has 6 heteroatoms. The summed E-state index contributed by atoms with van der Waals surface area (Å²) in [5, 5.41) is 12.7. The molecular weight excluding hydrogens is 550 g/mol. The number of rotatable bonds is 11. The molecule has 1 atom stereocenters. The average Bonchev–Trinajstić information content (AvgIpc) is 3.69. The quantitative estimate of drug-likeness (QED) is 0.141. The second-order valence-corrected chi connectivity index (χ2v) is 12.9. The summed E-state index contributed by atoms with van der Waals surface area (Å²) in [7, 11) is 0. The fourth-order valence-corrected chi connectivity index (χ4v) is 6.73. The van der Waals surface area contributed by atoms with Crippen LogP contribution in [-0.2, 0) is 15.1 Å². The third-order valence-corrected chi connectivity index (χ3v) is 9.00. The van der Waals surface area contributed by atoms with Crippen molar-refractivity contribution in [3.63, 3.8) is 0 Å². The zero-order valence-electron chi connectivity index (χ0n) is 23.8. The van der Waals surface area contributed by atoms with Crippen LogP contribution in [0.15, 0.2) is 78.9 Å². The highest BCUT2D eigenvalue weighted by Gasteiger charge is 2.46. The van der Waals surface area contributed by atoms with Crippen molar-refractivity contribution in [2.24, 2.45) is 0 Å². The van der Waals surface area contributed by atoms with E-state index in [9.17, 15) is 9.90 Å². The maximum atomic E-state index is 11.5. The normalized spacial score (nSPS) is 15.2. The Morgan fingerprint density at radius 2 is 1.85 bits per heavy atom. The van der Waals surface area contributed by atoms with Crippen LogP contribution in [0.3, 0.4) is 0 Å². The van der Waals surface area contributed by atoms with Crippen LogP contribution in [0.5, 0.6) is 0 Å². The monoisotopic (exact) mass is 585 g/mol. The molecule has 0 spiro atoms. The molecule has 3 aromatic carbocycles. The summed E-state index contributed by atoms with van der Waals surface area (Å²) in [4.78, 5) is 16.3. The first kappa shape index (κ1) is 29.4. The molecule has 1 aromatic heterocycles. The number of carbonyl (C=O) groups excluding carboxylic acids is 1. The van der Waals surface area contributed by atoms with Crippen molar-refractivity contribution in [3.8, 4) is 0 Å². The molecule has 4 aromatic rings. The predicted molar refractivity (Wildman–Crippen MR) is 171 cm³/mol. The summed E-state index contributed by atoms with van der Waals surface area (Å²) in [6.07, 6.45) is 6.90. The largest absolute Gasteiger partial charge is 0.458 e. The molecule has 212 valence electrons. The lowest BCUT2D eigenvalue weighted by Gasteiger charge is -2.27. The number of hydrogen-bond acceptors (Lipinski definition) is 5. The van der Waals surface area contributed by atoms with Crippen LogP contribution in [0.1, 0.15) is 73.9 Å². The number of hydrogen-bond donors (Lipinski definition) is 1. The Balaban J connectivity index is 1.39. The minimum absolute atomic E-state index is 0.100. The zero-order chi connectivity index (χ0) is 29.0. The number of ether oxygens (including phenoxy) is 1. The molecule has 1 aliphatic rings. The molecule has 0 amide bonds. The van der Waals surface area contributed by atoms with E-state index in [0.717, 1.165) is 64.1 Å². The van der Waals surface area contributed by atoms with Crippen molar-refractivity contribution in [3.05, 3.63) is 112 Å². The Bertz CT molecular complexity index is 1570. The summed E-state index contributed by atoms with van der Waals surface area (Å²) in [5.74, 6) is 1.63. The fourth-order valence-electron chi connectivity index (χ4n) is 5.30. The van der Waals surface area contributed by atoms with Gasteiger partial charge in [0, 0.05) is 29.0 Å². The number of benzene rings is 3. The molecule has 0 saturated heterocycles. The smallest absolute Gasteiger partial charge is 0.303 e. The van der Waals surface area contributed by atoms with Gasteiger partial charge < -0.3 is 9.84 Å². The van der Waals surface area contributed by atoms with Crippen LogP contribution in [0.2, 0.25) is 5.02 Å². The van der Waals surface area contributed by atoms with Gasteiger partial charge in [-0.2, -0.15) is 11.8 Å². The van der Waals surface area contributed by atoms with Crippen LogP contribution >= 0.6 is 23.4 Å². The molecule has 1 N–H and O–H groups in total. The number of aromatic nitrogens is 1. The Hall–Kier alpha value is -3.12. The zero-order valence-corrected chi connectivity index (χ0v) is 25.3. The molecule has 0 aliphatic heterocycles. The van der Waals surface area contributed by atoms with Crippen LogP contribution < -0.4 is 0 Å². The molecule has 1 unspecified atom stereocenters. The number of halogens is 1. The molecule has 1 fully saturated rings. The van der Waals surface area contributed by atoms with E-state index in [2.05, 4.69) is 42.5 Å². The number of pyridine rings is 1. The van der Waals surface area contributed by atoms with Crippen LogP contribution in [-0.4, -0.2) is 33.2 Å². The second-order valence-electron chi connectivity index (χ2n) is 11.4.